The average Bonchev–Trinajstić information content (AvgIpc) is 3.38. The van der Waals surface area contributed by atoms with Gasteiger partial charge in [-0.05, 0) is 42.7 Å². The summed E-state index contributed by atoms with van der Waals surface area (Å²) < 4.78 is 5.17. The van der Waals surface area contributed by atoms with Gasteiger partial charge in [-0.25, -0.2) is 0 Å². The van der Waals surface area contributed by atoms with Crippen molar-refractivity contribution < 1.29 is 18.8 Å². The highest BCUT2D eigenvalue weighted by Gasteiger charge is 2.26. The molecular formula is C24H29N3O4. The maximum atomic E-state index is 12.8. The van der Waals surface area contributed by atoms with E-state index < -0.39 is 0 Å². The van der Waals surface area contributed by atoms with E-state index in [2.05, 4.69) is 5.32 Å². The highest BCUT2D eigenvalue weighted by Crippen LogP contribution is 2.23. The molecule has 1 saturated heterocycles. The van der Waals surface area contributed by atoms with Crippen molar-refractivity contribution in [3.05, 3.63) is 59.5 Å². The number of nitrogens with one attached hydrogen (secondary N) is 1. The number of furan rings is 1. The molecule has 0 radical (unpaired) electrons. The van der Waals surface area contributed by atoms with Crippen LogP contribution in [0, 0.1) is 5.92 Å². The van der Waals surface area contributed by atoms with Gasteiger partial charge in [-0.15, -0.1) is 0 Å². The van der Waals surface area contributed by atoms with Crippen LogP contribution in [0.25, 0.3) is 0 Å². The fourth-order valence-corrected chi connectivity index (χ4v) is 4.31. The lowest BCUT2D eigenvalue weighted by molar-refractivity contribution is -0.126. The van der Waals surface area contributed by atoms with Gasteiger partial charge in [0.05, 0.1) is 6.26 Å². The Labute approximate surface area is 182 Å². The minimum absolute atomic E-state index is 0.0390. The lowest BCUT2D eigenvalue weighted by Gasteiger charge is -2.34. The quantitative estimate of drug-likeness (QED) is 0.801. The fourth-order valence-electron chi connectivity index (χ4n) is 4.31. The Hall–Kier alpha value is -3.09. The molecule has 31 heavy (non-hydrogen) atoms. The fraction of sp³-hybridized carbons (Fsp3) is 0.458. The van der Waals surface area contributed by atoms with E-state index in [1.54, 1.807) is 21.9 Å². The number of nitrogens with zero attached hydrogens (tertiary/aromatic N) is 2. The predicted octanol–water partition coefficient (Wildman–Crippen LogP) is 3.07. The van der Waals surface area contributed by atoms with E-state index >= 15 is 0 Å². The van der Waals surface area contributed by atoms with Gasteiger partial charge in [0.2, 0.25) is 5.91 Å². The lowest BCUT2D eigenvalue weighted by atomic mass is 9.88. The van der Waals surface area contributed by atoms with Crippen LogP contribution in [-0.4, -0.2) is 53.7 Å². The van der Waals surface area contributed by atoms with Gasteiger partial charge in [-0.2, -0.15) is 0 Å². The molecule has 7 heteroatoms. The first-order valence-corrected chi connectivity index (χ1v) is 11.1. The molecule has 1 saturated carbocycles. The van der Waals surface area contributed by atoms with Crippen molar-refractivity contribution in [1.29, 1.82) is 0 Å². The lowest BCUT2D eigenvalue weighted by Crippen LogP contribution is -2.50. The van der Waals surface area contributed by atoms with E-state index in [4.69, 9.17) is 4.42 Å². The first-order valence-electron chi connectivity index (χ1n) is 11.1. The zero-order valence-corrected chi connectivity index (χ0v) is 17.7. The Kier molecular flexibility index (Phi) is 6.70. The van der Waals surface area contributed by atoms with Crippen LogP contribution >= 0.6 is 0 Å². The first-order chi connectivity index (χ1) is 15.1. The van der Waals surface area contributed by atoms with Crippen LogP contribution in [0.15, 0.2) is 47.1 Å². The van der Waals surface area contributed by atoms with Gasteiger partial charge in [-0.1, -0.05) is 31.4 Å². The Morgan fingerprint density at radius 3 is 2.13 bits per heavy atom. The Balaban J connectivity index is 1.25. The zero-order valence-electron chi connectivity index (χ0n) is 17.7. The summed E-state index contributed by atoms with van der Waals surface area (Å²) in [6.07, 6.45) is 6.96. The van der Waals surface area contributed by atoms with E-state index in [1.165, 1.54) is 12.7 Å². The first kappa shape index (κ1) is 21.2. The molecule has 1 aliphatic heterocycles. The van der Waals surface area contributed by atoms with Gasteiger partial charge in [0.25, 0.3) is 11.8 Å². The zero-order chi connectivity index (χ0) is 21.6. The van der Waals surface area contributed by atoms with Crippen molar-refractivity contribution in [3.8, 4) is 0 Å². The van der Waals surface area contributed by atoms with E-state index in [9.17, 15) is 14.4 Å². The number of amides is 3. The van der Waals surface area contributed by atoms with Crippen LogP contribution in [0.2, 0.25) is 0 Å². The van der Waals surface area contributed by atoms with Crippen molar-refractivity contribution in [1.82, 2.24) is 15.1 Å². The van der Waals surface area contributed by atoms with E-state index in [0.717, 1.165) is 31.2 Å². The van der Waals surface area contributed by atoms with E-state index in [-0.39, 0.29) is 23.6 Å². The minimum Gasteiger partial charge on any atom is -0.459 e. The number of carbonyl (C=O) groups is 3. The van der Waals surface area contributed by atoms with Gasteiger partial charge >= 0.3 is 0 Å². The number of piperazine rings is 1. The van der Waals surface area contributed by atoms with Gasteiger partial charge in [-0.3, -0.25) is 14.4 Å². The van der Waals surface area contributed by atoms with Gasteiger partial charge in [0.1, 0.15) is 0 Å². The van der Waals surface area contributed by atoms with E-state index in [0.29, 0.717) is 44.0 Å². The molecular weight excluding hydrogens is 394 g/mol. The summed E-state index contributed by atoms with van der Waals surface area (Å²) in [6.45, 7) is 2.43. The van der Waals surface area contributed by atoms with Crippen molar-refractivity contribution >= 4 is 17.7 Å². The second-order valence-corrected chi connectivity index (χ2v) is 8.31. The van der Waals surface area contributed by atoms with Crippen molar-refractivity contribution in [2.24, 2.45) is 5.92 Å². The summed E-state index contributed by atoms with van der Waals surface area (Å²) in [5.41, 5.74) is 1.60. The Morgan fingerprint density at radius 2 is 1.52 bits per heavy atom. The molecule has 3 amide bonds. The maximum absolute atomic E-state index is 12.8. The molecule has 0 atom stereocenters. The monoisotopic (exact) mass is 423 g/mol. The number of carbonyl (C=O) groups excluding carboxylic acids is 3. The normalized spacial score (nSPS) is 17.4. The Bertz CT molecular complexity index is 893. The third kappa shape index (κ3) is 5.16. The molecule has 2 aromatic rings. The topological polar surface area (TPSA) is 82.9 Å². The maximum Gasteiger partial charge on any atom is 0.289 e. The minimum atomic E-state index is -0.142. The smallest absolute Gasteiger partial charge is 0.289 e. The number of rotatable bonds is 5. The standard InChI is InChI=1S/C24H29N3O4/c28-22(19-5-2-1-3-6-19)25-17-18-8-10-20(11-9-18)23(29)26-12-14-27(15-13-26)24(30)21-7-4-16-31-21/h4,7-11,16,19H,1-3,5-6,12-15,17H2,(H,25,28). The molecule has 2 fully saturated rings. The van der Waals surface area contributed by atoms with Crippen LogP contribution in [0.3, 0.4) is 0 Å². The third-order valence-electron chi connectivity index (χ3n) is 6.23. The molecule has 0 bridgehead atoms. The van der Waals surface area contributed by atoms with Gasteiger partial charge in [0, 0.05) is 44.2 Å². The van der Waals surface area contributed by atoms with Gasteiger partial charge < -0.3 is 19.5 Å². The highest BCUT2D eigenvalue weighted by molar-refractivity contribution is 5.95. The molecule has 7 nitrogen and oxygen atoms in total. The van der Waals surface area contributed by atoms with E-state index in [1.807, 2.05) is 24.3 Å². The van der Waals surface area contributed by atoms with Gasteiger partial charge in [0.15, 0.2) is 5.76 Å². The highest BCUT2D eigenvalue weighted by atomic mass is 16.3. The van der Waals surface area contributed by atoms with Crippen LogP contribution in [-0.2, 0) is 11.3 Å². The van der Waals surface area contributed by atoms with Crippen molar-refractivity contribution in [2.75, 3.05) is 26.2 Å². The van der Waals surface area contributed by atoms with Crippen LogP contribution in [0.1, 0.15) is 58.6 Å². The van der Waals surface area contributed by atoms with Crippen LogP contribution in [0.4, 0.5) is 0 Å². The summed E-state index contributed by atoms with van der Waals surface area (Å²) in [4.78, 5) is 41.0. The third-order valence-corrected chi connectivity index (χ3v) is 6.23. The molecule has 0 spiro atoms. The van der Waals surface area contributed by atoms with Crippen LogP contribution in [0.5, 0.6) is 0 Å². The number of hydrogen-bond acceptors (Lipinski definition) is 4. The second kappa shape index (κ2) is 9.81. The molecule has 2 aliphatic rings. The molecule has 4 rings (SSSR count). The molecule has 1 aromatic carbocycles. The molecule has 0 unspecified atom stereocenters. The molecule has 164 valence electrons. The van der Waals surface area contributed by atoms with Crippen molar-refractivity contribution in [2.45, 2.75) is 38.6 Å². The SMILES string of the molecule is O=C(NCc1ccc(C(=O)N2CCN(C(=O)c3ccco3)CC2)cc1)C1CCCCC1. The molecule has 2 heterocycles. The predicted molar refractivity (Wildman–Crippen MR) is 115 cm³/mol. The number of hydrogen-bond donors (Lipinski definition) is 1. The molecule has 1 aromatic heterocycles. The average molecular weight is 424 g/mol. The summed E-state index contributed by atoms with van der Waals surface area (Å²) >= 11 is 0. The molecule has 1 N–H and O–H groups in total. The Morgan fingerprint density at radius 1 is 0.871 bits per heavy atom. The largest absolute Gasteiger partial charge is 0.459 e. The van der Waals surface area contributed by atoms with Crippen LogP contribution < -0.4 is 5.32 Å². The summed E-state index contributed by atoms with van der Waals surface area (Å²) in [5, 5.41) is 3.03. The number of benzene rings is 1. The summed E-state index contributed by atoms with van der Waals surface area (Å²) in [6, 6.07) is 10.8. The summed E-state index contributed by atoms with van der Waals surface area (Å²) in [7, 11) is 0. The second-order valence-electron chi connectivity index (χ2n) is 8.31. The van der Waals surface area contributed by atoms with Crippen molar-refractivity contribution in [3.63, 3.8) is 0 Å². The summed E-state index contributed by atoms with van der Waals surface area (Å²) in [5.74, 6) is 0.431. The molecule has 1 aliphatic carbocycles.